The molecule has 3 heteroatoms. The van der Waals surface area contributed by atoms with Crippen molar-refractivity contribution in [2.75, 3.05) is 12.3 Å². The van der Waals surface area contributed by atoms with E-state index in [0.29, 0.717) is 0 Å². The van der Waals surface area contributed by atoms with Crippen molar-refractivity contribution in [1.29, 1.82) is 0 Å². The first-order chi connectivity index (χ1) is 5.45. The van der Waals surface area contributed by atoms with E-state index in [1.54, 1.807) is 0 Å². The number of hydrogen-bond acceptors (Lipinski definition) is 2. The third-order valence-corrected chi connectivity index (χ3v) is 8.19. The third kappa shape index (κ3) is 2.09. The van der Waals surface area contributed by atoms with Gasteiger partial charge in [-0.3, -0.25) is 0 Å². The van der Waals surface area contributed by atoms with E-state index in [4.69, 9.17) is 0 Å². The van der Waals surface area contributed by atoms with E-state index in [2.05, 4.69) is 29.3 Å². The molecule has 0 aromatic carbocycles. The summed E-state index contributed by atoms with van der Waals surface area (Å²) in [6, 6.07) is 0. The Morgan fingerprint density at radius 3 is 2.91 bits per heavy atom. The molecule has 0 aromatic rings. The summed E-state index contributed by atoms with van der Waals surface area (Å²) in [6.45, 7) is 1.07. The molecule has 0 aromatic heterocycles. The van der Waals surface area contributed by atoms with Crippen LogP contribution >= 0.6 is 11.8 Å². The fourth-order valence-corrected chi connectivity index (χ4v) is 7.34. The molecule has 1 aliphatic carbocycles. The number of allylic oxidation sites excluding steroid dienone is 4. The second-order valence-corrected chi connectivity index (χ2v) is 9.22. The van der Waals surface area contributed by atoms with Crippen LogP contribution in [0.15, 0.2) is 29.3 Å². The summed E-state index contributed by atoms with van der Waals surface area (Å²) in [4.78, 5) is 4.49. The fraction of sp³-hybridized carbons (Fsp3) is 0.375. The summed E-state index contributed by atoms with van der Waals surface area (Å²) in [6.07, 6.45) is 8.96. The van der Waals surface area contributed by atoms with Crippen LogP contribution in [0.25, 0.3) is 0 Å². The molecule has 0 saturated carbocycles. The standard InChI is InChI=1S/C5H5.C3H4NS.Ta/c1-2-4-5-3-1;1-2-5-3-4-1;/h1-5H;1-2H2;. The summed E-state index contributed by atoms with van der Waals surface area (Å²) < 4.78 is 2.32. The van der Waals surface area contributed by atoms with Gasteiger partial charge in [-0.2, -0.15) is 0 Å². The van der Waals surface area contributed by atoms with Crippen molar-refractivity contribution in [3.8, 4) is 0 Å². The molecule has 11 heavy (non-hydrogen) atoms. The van der Waals surface area contributed by atoms with Crippen LogP contribution in [0.5, 0.6) is 0 Å². The number of hydrogen-bond donors (Lipinski definition) is 0. The summed E-state index contributed by atoms with van der Waals surface area (Å²) in [7, 11) is 0. The Labute approximate surface area is 80.4 Å². The van der Waals surface area contributed by atoms with Gasteiger partial charge in [-0.1, -0.05) is 0 Å². The molecule has 0 fully saturated rings. The molecule has 1 aliphatic heterocycles. The first-order valence-electron chi connectivity index (χ1n) is 3.68. The van der Waals surface area contributed by atoms with Gasteiger partial charge < -0.3 is 0 Å². The van der Waals surface area contributed by atoms with Crippen LogP contribution in [-0.4, -0.2) is 15.6 Å². The predicted molar refractivity (Wildman–Crippen MR) is 46.8 cm³/mol. The molecule has 1 nitrogen and oxygen atoms in total. The topological polar surface area (TPSA) is 12.4 Å². The molecule has 0 atom stereocenters. The SMILES string of the molecule is C1=C[CH]([Ta][C]2=NCCS2)C=C1. The first kappa shape index (κ1) is 7.87. The normalized spacial score (nSPS) is 22.7. The summed E-state index contributed by atoms with van der Waals surface area (Å²) in [5.41, 5.74) is 0. The van der Waals surface area contributed by atoms with E-state index in [0.717, 1.165) is 10.7 Å². The minimum absolute atomic E-state index is 0.462. The molecule has 0 amide bonds. The average Bonchev–Trinajstić information content (AvgIpc) is 2.60. The van der Waals surface area contributed by atoms with Crippen LogP contribution in [0.2, 0.25) is 4.14 Å². The van der Waals surface area contributed by atoms with Crippen molar-refractivity contribution in [1.82, 2.24) is 0 Å². The number of aliphatic imine (C=N–C) groups is 1. The molecule has 0 spiro atoms. The van der Waals surface area contributed by atoms with Crippen LogP contribution < -0.4 is 0 Å². The molecule has 0 radical (unpaired) electrons. The molecule has 57 valence electrons. The van der Waals surface area contributed by atoms with Gasteiger partial charge in [0.25, 0.3) is 0 Å². The maximum absolute atomic E-state index is 4.49. The van der Waals surface area contributed by atoms with E-state index in [1.165, 1.54) is 9.01 Å². The Balaban J connectivity index is 1.89. The van der Waals surface area contributed by atoms with E-state index in [1.807, 2.05) is 11.8 Å². The molecular weight excluding hydrogens is 323 g/mol. The second kappa shape index (κ2) is 3.76. The fourth-order valence-electron chi connectivity index (χ4n) is 1.04. The second-order valence-electron chi connectivity index (χ2n) is 2.40. The minimum atomic E-state index is -0.462. The third-order valence-electron chi connectivity index (χ3n) is 1.56. The summed E-state index contributed by atoms with van der Waals surface area (Å²) in [5, 5.41) is 0. The zero-order chi connectivity index (χ0) is 7.52. The van der Waals surface area contributed by atoms with Gasteiger partial charge in [-0.25, -0.2) is 0 Å². The Morgan fingerprint density at radius 1 is 1.45 bits per heavy atom. The monoisotopic (exact) mass is 332 g/mol. The molecule has 0 unspecified atom stereocenters. The van der Waals surface area contributed by atoms with Crippen molar-refractivity contribution < 1.29 is 19.8 Å². The molecule has 0 bridgehead atoms. The van der Waals surface area contributed by atoms with Crippen molar-refractivity contribution in [2.45, 2.75) is 4.14 Å². The molecule has 2 aliphatic rings. The van der Waals surface area contributed by atoms with Crippen LogP contribution in [0.1, 0.15) is 0 Å². The number of thioether (sulfide) groups is 1. The van der Waals surface area contributed by atoms with Crippen molar-refractivity contribution in [2.24, 2.45) is 4.99 Å². The van der Waals surface area contributed by atoms with Crippen molar-refractivity contribution in [3.63, 3.8) is 0 Å². The van der Waals surface area contributed by atoms with E-state index in [-0.39, 0.29) is 0 Å². The van der Waals surface area contributed by atoms with E-state index < -0.39 is 19.8 Å². The predicted octanol–water partition coefficient (Wildman–Crippen LogP) is 2.09. The Kier molecular flexibility index (Phi) is 2.69. The van der Waals surface area contributed by atoms with Gasteiger partial charge in [-0.05, 0) is 0 Å². The van der Waals surface area contributed by atoms with Crippen LogP contribution in [0.3, 0.4) is 0 Å². The number of nitrogens with zero attached hydrogens (tertiary/aromatic N) is 1. The zero-order valence-corrected chi connectivity index (χ0v) is 10.1. The zero-order valence-electron chi connectivity index (χ0n) is 6.10. The van der Waals surface area contributed by atoms with Gasteiger partial charge in [0, 0.05) is 0 Å². The van der Waals surface area contributed by atoms with Gasteiger partial charge >= 0.3 is 80.5 Å². The molecule has 0 N–H and O–H groups in total. The van der Waals surface area contributed by atoms with Gasteiger partial charge in [0.2, 0.25) is 0 Å². The molecular formula is C8H9NSTa. The number of rotatable bonds is 2. The Morgan fingerprint density at radius 2 is 2.27 bits per heavy atom. The molecule has 0 saturated heterocycles. The molecule has 1 heterocycles. The van der Waals surface area contributed by atoms with Crippen LogP contribution in [0.4, 0.5) is 0 Å². The Hall–Kier alpha value is 0.240. The van der Waals surface area contributed by atoms with Crippen molar-refractivity contribution >= 4 is 15.0 Å². The summed E-state index contributed by atoms with van der Waals surface area (Å²) in [5.74, 6) is 1.24. The maximum atomic E-state index is 4.49. The average molecular weight is 332 g/mol. The Bertz CT molecular complexity index is 220. The van der Waals surface area contributed by atoms with E-state index in [9.17, 15) is 0 Å². The summed E-state index contributed by atoms with van der Waals surface area (Å²) >= 11 is 1.53. The van der Waals surface area contributed by atoms with E-state index >= 15 is 0 Å². The van der Waals surface area contributed by atoms with Gasteiger partial charge in [0.05, 0.1) is 0 Å². The van der Waals surface area contributed by atoms with Gasteiger partial charge in [0.1, 0.15) is 0 Å². The van der Waals surface area contributed by atoms with Gasteiger partial charge in [-0.15, -0.1) is 0 Å². The first-order valence-corrected chi connectivity index (χ1v) is 8.13. The van der Waals surface area contributed by atoms with Gasteiger partial charge in [0.15, 0.2) is 0 Å². The van der Waals surface area contributed by atoms with Crippen LogP contribution in [0, 0.1) is 0 Å². The van der Waals surface area contributed by atoms with Crippen molar-refractivity contribution in [3.05, 3.63) is 24.3 Å². The molecule has 2 rings (SSSR count). The quantitative estimate of drug-likeness (QED) is 0.754. The van der Waals surface area contributed by atoms with Crippen LogP contribution in [-0.2, 0) is 19.8 Å².